The summed E-state index contributed by atoms with van der Waals surface area (Å²) in [6.45, 7) is 0.917. The molecule has 0 N–H and O–H groups in total. The summed E-state index contributed by atoms with van der Waals surface area (Å²) in [5, 5.41) is 0. The van der Waals surface area contributed by atoms with E-state index in [2.05, 4.69) is 27.2 Å². The van der Waals surface area contributed by atoms with Gasteiger partial charge in [0.15, 0.2) is 11.5 Å². The number of benzene rings is 1. The summed E-state index contributed by atoms with van der Waals surface area (Å²) in [6.07, 6.45) is 0. The van der Waals surface area contributed by atoms with E-state index in [0.29, 0.717) is 0 Å². The molecule has 1 rings (SSSR count). The van der Waals surface area contributed by atoms with Gasteiger partial charge in [0.25, 0.3) is 0 Å². The highest BCUT2D eigenvalue weighted by atomic mass is 127. The zero-order valence-corrected chi connectivity index (χ0v) is 12.7. The standard InChI is InChI=1S/C12H20NO2.HI/c1-13(2,3)9-10-7-6-8-11(14-4)12(10)15-5;/h6-8H,9H2,1-5H3;1H/q+1;/p-1. The van der Waals surface area contributed by atoms with E-state index in [9.17, 15) is 0 Å². The molecule has 0 saturated heterocycles. The van der Waals surface area contributed by atoms with Crippen molar-refractivity contribution >= 4 is 0 Å². The summed E-state index contributed by atoms with van der Waals surface area (Å²) < 4.78 is 11.5. The Morgan fingerprint density at radius 3 is 2.12 bits per heavy atom. The van der Waals surface area contributed by atoms with E-state index in [-0.39, 0.29) is 24.0 Å². The largest absolute Gasteiger partial charge is 1.00 e. The van der Waals surface area contributed by atoms with Crippen molar-refractivity contribution < 1.29 is 37.9 Å². The third-order valence-electron chi connectivity index (χ3n) is 2.13. The second-order valence-electron chi connectivity index (χ2n) is 4.60. The van der Waals surface area contributed by atoms with Crippen LogP contribution in [0.1, 0.15) is 5.56 Å². The molecule has 0 amide bonds. The quantitative estimate of drug-likeness (QED) is 0.514. The minimum absolute atomic E-state index is 0. The molecule has 4 heteroatoms. The maximum Gasteiger partial charge on any atom is 0.169 e. The van der Waals surface area contributed by atoms with Gasteiger partial charge < -0.3 is 37.9 Å². The van der Waals surface area contributed by atoms with Crippen molar-refractivity contribution in [2.45, 2.75) is 6.54 Å². The number of halogens is 1. The van der Waals surface area contributed by atoms with Crippen molar-refractivity contribution in [3.8, 4) is 11.5 Å². The third-order valence-corrected chi connectivity index (χ3v) is 2.13. The van der Waals surface area contributed by atoms with Crippen LogP contribution in [-0.2, 0) is 6.54 Å². The van der Waals surface area contributed by atoms with Crippen LogP contribution in [0, 0.1) is 0 Å². The van der Waals surface area contributed by atoms with E-state index in [4.69, 9.17) is 9.47 Å². The Morgan fingerprint density at radius 1 is 1.06 bits per heavy atom. The molecule has 0 unspecified atom stereocenters. The van der Waals surface area contributed by atoms with Gasteiger partial charge in [-0.05, 0) is 12.1 Å². The molecule has 0 radical (unpaired) electrons. The third kappa shape index (κ3) is 4.17. The van der Waals surface area contributed by atoms with Crippen molar-refractivity contribution in [1.82, 2.24) is 0 Å². The monoisotopic (exact) mass is 337 g/mol. The zero-order chi connectivity index (χ0) is 11.5. The van der Waals surface area contributed by atoms with E-state index in [1.807, 2.05) is 12.1 Å². The van der Waals surface area contributed by atoms with E-state index in [1.54, 1.807) is 14.2 Å². The Hall–Kier alpha value is -0.490. The van der Waals surface area contributed by atoms with Crippen LogP contribution in [0.5, 0.6) is 11.5 Å². The lowest BCUT2D eigenvalue weighted by Crippen LogP contribution is -3.00. The first-order valence-electron chi connectivity index (χ1n) is 4.98. The lowest BCUT2D eigenvalue weighted by molar-refractivity contribution is -0.884. The lowest BCUT2D eigenvalue weighted by atomic mass is 10.1. The molecule has 0 saturated carbocycles. The SMILES string of the molecule is COc1cccc(C[N+](C)(C)C)c1OC.[I-]. The molecule has 0 fully saturated rings. The predicted molar refractivity (Wildman–Crippen MR) is 61.3 cm³/mol. The molecule has 0 heterocycles. The van der Waals surface area contributed by atoms with Gasteiger partial charge in [-0.2, -0.15) is 0 Å². The highest BCUT2D eigenvalue weighted by molar-refractivity contribution is 5.46. The number of ether oxygens (including phenoxy) is 2. The van der Waals surface area contributed by atoms with Gasteiger partial charge in [-0.15, -0.1) is 0 Å². The Kier molecular flexibility index (Phi) is 6.10. The summed E-state index contributed by atoms with van der Waals surface area (Å²) in [4.78, 5) is 0. The molecule has 0 aliphatic heterocycles. The van der Waals surface area contributed by atoms with E-state index < -0.39 is 0 Å². The minimum atomic E-state index is 0. The fourth-order valence-corrected chi connectivity index (χ4v) is 1.59. The predicted octanol–water partition coefficient (Wildman–Crippen LogP) is -1.09. The van der Waals surface area contributed by atoms with E-state index in [1.165, 1.54) is 5.56 Å². The van der Waals surface area contributed by atoms with Gasteiger partial charge in [-0.25, -0.2) is 0 Å². The van der Waals surface area contributed by atoms with Crippen LogP contribution in [0.2, 0.25) is 0 Å². The summed E-state index contributed by atoms with van der Waals surface area (Å²) in [5.74, 6) is 1.64. The zero-order valence-electron chi connectivity index (χ0n) is 10.6. The van der Waals surface area contributed by atoms with Gasteiger partial charge in [-0.1, -0.05) is 6.07 Å². The van der Waals surface area contributed by atoms with Gasteiger partial charge in [0, 0.05) is 0 Å². The molecule has 0 atom stereocenters. The molecular formula is C12H20INO2. The summed E-state index contributed by atoms with van der Waals surface area (Å²) in [7, 11) is 9.79. The first kappa shape index (κ1) is 15.5. The fourth-order valence-electron chi connectivity index (χ4n) is 1.59. The van der Waals surface area contributed by atoms with Crippen molar-refractivity contribution in [3.05, 3.63) is 23.8 Å². The second-order valence-corrected chi connectivity index (χ2v) is 4.60. The van der Waals surface area contributed by atoms with Gasteiger partial charge in [0.1, 0.15) is 6.54 Å². The van der Waals surface area contributed by atoms with Crippen LogP contribution in [0.15, 0.2) is 18.2 Å². The molecule has 0 spiro atoms. The summed E-state index contributed by atoms with van der Waals surface area (Å²) >= 11 is 0. The average molecular weight is 337 g/mol. The Labute approximate surface area is 115 Å². The summed E-state index contributed by atoms with van der Waals surface area (Å²) in [6, 6.07) is 5.98. The molecule has 0 aromatic heterocycles. The van der Waals surface area contributed by atoms with Gasteiger partial charge in [0.2, 0.25) is 0 Å². The van der Waals surface area contributed by atoms with Gasteiger partial charge in [0.05, 0.1) is 40.9 Å². The number of nitrogens with zero attached hydrogens (tertiary/aromatic N) is 1. The van der Waals surface area contributed by atoms with Crippen LogP contribution in [0.4, 0.5) is 0 Å². The molecule has 1 aromatic rings. The van der Waals surface area contributed by atoms with Crippen LogP contribution in [-0.4, -0.2) is 39.8 Å². The van der Waals surface area contributed by atoms with E-state index >= 15 is 0 Å². The van der Waals surface area contributed by atoms with Crippen molar-refractivity contribution in [1.29, 1.82) is 0 Å². The molecule has 3 nitrogen and oxygen atoms in total. The van der Waals surface area contributed by atoms with Gasteiger partial charge >= 0.3 is 0 Å². The fraction of sp³-hybridized carbons (Fsp3) is 0.500. The van der Waals surface area contributed by atoms with Gasteiger partial charge in [-0.3, -0.25) is 0 Å². The first-order chi connectivity index (χ1) is 6.98. The summed E-state index contributed by atoms with van der Waals surface area (Å²) in [5.41, 5.74) is 1.17. The number of hydrogen-bond donors (Lipinski definition) is 0. The minimum Gasteiger partial charge on any atom is -1.00 e. The lowest BCUT2D eigenvalue weighted by Gasteiger charge is -2.25. The topological polar surface area (TPSA) is 18.5 Å². The Morgan fingerprint density at radius 2 is 1.69 bits per heavy atom. The molecule has 1 aromatic carbocycles. The number of quaternary nitrogens is 1. The molecular weight excluding hydrogens is 317 g/mol. The number of para-hydroxylation sites is 1. The van der Waals surface area contributed by atoms with Crippen molar-refractivity contribution in [2.75, 3.05) is 35.4 Å². The number of methoxy groups -OCH3 is 2. The van der Waals surface area contributed by atoms with Crippen LogP contribution in [0.25, 0.3) is 0 Å². The normalized spacial score (nSPS) is 10.6. The van der Waals surface area contributed by atoms with Crippen molar-refractivity contribution in [2.24, 2.45) is 0 Å². The van der Waals surface area contributed by atoms with Crippen molar-refractivity contribution in [3.63, 3.8) is 0 Å². The van der Waals surface area contributed by atoms with Crippen LogP contribution >= 0.6 is 0 Å². The van der Waals surface area contributed by atoms with Crippen LogP contribution in [0.3, 0.4) is 0 Å². The molecule has 0 aliphatic carbocycles. The number of rotatable bonds is 4. The highest BCUT2D eigenvalue weighted by Crippen LogP contribution is 2.31. The molecule has 92 valence electrons. The maximum absolute atomic E-state index is 5.38. The Balaban J connectivity index is 0.00000225. The highest BCUT2D eigenvalue weighted by Gasteiger charge is 2.15. The molecule has 0 aliphatic rings. The molecule has 0 bridgehead atoms. The second kappa shape index (κ2) is 6.30. The van der Waals surface area contributed by atoms with E-state index in [0.717, 1.165) is 22.5 Å². The molecule has 16 heavy (non-hydrogen) atoms. The number of hydrogen-bond acceptors (Lipinski definition) is 2. The smallest absolute Gasteiger partial charge is 0.169 e. The average Bonchev–Trinajstić information content (AvgIpc) is 2.15. The van der Waals surface area contributed by atoms with Crippen LogP contribution < -0.4 is 33.5 Å². The Bertz CT molecular complexity index is 334. The maximum atomic E-state index is 5.38. The first-order valence-corrected chi connectivity index (χ1v) is 4.98.